The van der Waals surface area contributed by atoms with Gasteiger partial charge in [0.25, 0.3) is 0 Å². The minimum atomic E-state index is -0.921. The molecule has 0 bridgehead atoms. The minimum absolute atomic E-state index is 0.282. The van der Waals surface area contributed by atoms with E-state index in [0.717, 1.165) is 5.69 Å². The van der Waals surface area contributed by atoms with Crippen LogP contribution in [0.25, 0.3) is 0 Å². The highest BCUT2D eigenvalue weighted by atomic mass is 16.4. The molecule has 5 nitrogen and oxygen atoms in total. The zero-order valence-electron chi connectivity index (χ0n) is 9.32. The highest BCUT2D eigenvalue weighted by molar-refractivity contribution is 5.88. The van der Waals surface area contributed by atoms with E-state index in [-0.39, 0.29) is 5.56 Å². The second-order valence-corrected chi connectivity index (χ2v) is 3.66. The maximum Gasteiger partial charge on any atom is 0.339 e. The van der Waals surface area contributed by atoms with Gasteiger partial charge in [-0.05, 0) is 6.92 Å². The third-order valence-corrected chi connectivity index (χ3v) is 2.16. The molecule has 1 aromatic rings. The van der Waals surface area contributed by atoms with Gasteiger partial charge in [-0.3, -0.25) is 4.68 Å². The van der Waals surface area contributed by atoms with Crippen molar-refractivity contribution in [3.05, 3.63) is 17.5 Å². The molecule has 5 heteroatoms. The van der Waals surface area contributed by atoms with E-state index in [4.69, 9.17) is 5.11 Å². The molecule has 15 heavy (non-hydrogen) atoms. The van der Waals surface area contributed by atoms with Crippen LogP contribution in [0.2, 0.25) is 0 Å². The molecule has 0 unspecified atom stereocenters. The van der Waals surface area contributed by atoms with Gasteiger partial charge >= 0.3 is 5.97 Å². The Bertz CT molecular complexity index is 344. The molecule has 0 amide bonds. The van der Waals surface area contributed by atoms with E-state index >= 15 is 0 Å². The number of nitrogens with one attached hydrogen (secondary N) is 1. The van der Waals surface area contributed by atoms with Crippen molar-refractivity contribution in [2.24, 2.45) is 0 Å². The summed E-state index contributed by atoms with van der Waals surface area (Å²) in [4.78, 5) is 10.9. The average Bonchev–Trinajstić information content (AvgIpc) is 2.57. The number of aryl methyl sites for hydroxylation is 1. The maximum absolute atomic E-state index is 10.9. The summed E-state index contributed by atoms with van der Waals surface area (Å²) in [6.07, 6.45) is 1.41. The highest BCUT2D eigenvalue weighted by Crippen LogP contribution is 2.08. The van der Waals surface area contributed by atoms with Gasteiger partial charge in [0, 0.05) is 19.1 Å². The van der Waals surface area contributed by atoms with Crippen LogP contribution < -0.4 is 5.32 Å². The SMILES string of the molecule is CCn1ncc(C(=O)O)c1CNC(C)C. The Morgan fingerprint density at radius 3 is 2.80 bits per heavy atom. The van der Waals surface area contributed by atoms with Crippen molar-refractivity contribution in [1.82, 2.24) is 15.1 Å². The molecule has 0 radical (unpaired) electrons. The van der Waals surface area contributed by atoms with E-state index in [0.29, 0.717) is 19.1 Å². The van der Waals surface area contributed by atoms with Gasteiger partial charge in [0.05, 0.1) is 11.9 Å². The van der Waals surface area contributed by atoms with Crippen molar-refractivity contribution in [2.75, 3.05) is 0 Å². The van der Waals surface area contributed by atoms with E-state index in [1.165, 1.54) is 6.20 Å². The van der Waals surface area contributed by atoms with E-state index in [1.807, 2.05) is 20.8 Å². The van der Waals surface area contributed by atoms with Crippen LogP contribution >= 0.6 is 0 Å². The van der Waals surface area contributed by atoms with Gasteiger partial charge < -0.3 is 10.4 Å². The first-order valence-corrected chi connectivity index (χ1v) is 5.07. The normalized spacial score (nSPS) is 10.9. The first-order valence-electron chi connectivity index (χ1n) is 5.07. The second kappa shape index (κ2) is 4.93. The topological polar surface area (TPSA) is 67.2 Å². The van der Waals surface area contributed by atoms with Crippen molar-refractivity contribution >= 4 is 5.97 Å². The van der Waals surface area contributed by atoms with Crippen LogP contribution in [0.3, 0.4) is 0 Å². The van der Waals surface area contributed by atoms with Crippen molar-refractivity contribution in [2.45, 2.75) is 39.9 Å². The fourth-order valence-electron chi connectivity index (χ4n) is 1.35. The summed E-state index contributed by atoms with van der Waals surface area (Å²) in [6, 6.07) is 0.326. The highest BCUT2D eigenvalue weighted by Gasteiger charge is 2.15. The van der Waals surface area contributed by atoms with Crippen LogP contribution in [0.4, 0.5) is 0 Å². The van der Waals surface area contributed by atoms with E-state index < -0.39 is 5.97 Å². The molecule has 0 saturated carbocycles. The monoisotopic (exact) mass is 211 g/mol. The fraction of sp³-hybridized carbons (Fsp3) is 0.600. The molecule has 84 valence electrons. The Balaban J connectivity index is 2.90. The molecule has 0 aliphatic heterocycles. The lowest BCUT2D eigenvalue weighted by atomic mass is 10.2. The van der Waals surface area contributed by atoms with Crippen LogP contribution in [0.5, 0.6) is 0 Å². The van der Waals surface area contributed by atoms with Crippen molar-refractivity contribution in [3.63, 3.8) is 0 Å². The van der Waals surface area contributed by atoms with Crippen LogP contribution in [0, 0.1) is 0 Å². The van der Waals surface area contributed by atoms with Gasteiger partial charge in [0.2, 0.25) is 0 Å². The summed E-state index contributed by atoms with van der Waals surface area (Å²) in [6.45, 7) is 7.20. The number of hydrogen-bond acceptors (Lipinski definition) is 3. The summed E-state index contributed by atoms with van der Waals surface area (Å²) in [5.41, 5.74) is 1.02. The van der Waals surface area contributed by atoms with Gasteiger partial charge in [0.1, 0.15) is 5.56 Å². The van der Waals surface area contributed by atoms with Crippen LogP contribution in [-0.4, -0.2) is 26.9 Å². The van der Waals surface area contributed by atoms with Gasteiger partial charge in [-0.2, -0.15) is 5.10 Å². The third kappa shape index (κ3) is 2.79. The second-order valence-electron chi connectivity index (χ2n) is 3.66. The van der Waals surface area contributed by atoms with Gasteiger partial charge in [-0.1, -0.05) is 13.8 Å². The van der Waals surface area contributed by atoms with Crippen molar-refractivity contribution in [3.8, 4) is 0 Å². The first kappa shape index (κ1) is 11.7. The number of hydrogen-bond donors (Lipinski definition) is 2. The Morgan fingerprint density at radius 1 is 1.67 bits per heavy atom. The Hall–Kier alpha value is -1.36. The van der Waals surface area contributed by atoms with Gasteiger partial charge in [0.15, 0.2) is 0 Å². The lowest BCUT2D eigenvalue weighted by molar-refractivity contribution is 0.0695. The molecule has 1 rings (SSSR count). The maximum atomic E-state index is 10.9. The summed E-state index contributed by atoms with van der Waals surface area (Å²) in [5.74, 6) is -0.921. The zero-order chi connectivity index (χ0) is 11.4. The summed E-state index contributed by atoms with van der Waals surface area (Å²) >= 11 is 0. The molecule has 0 fully saturated rings. The molecule has 0 spiro atoms. The smallest absolute Gasteiger partial charge is 0.339 e. The molecule has 1 aromatic heterocycles. The molecule has 0 aliphatic rings. The molecular weight excluding hydrogens is 194 g/mol. The van der Waals surface area contributed by atoms with Gasteiger partial charge in [-0.25, -0.2) is 4.79 Å². The summed E-state index contributed by atoms with van der Waals surface area (Å²) in [7, 11) is 0. The molecular formula is C10H17N3O2. The third-order valence-electron chi connectivity index (χ3n) is 2.16. The van der Waals surface area contributed by atoms with E-state index in [2.05, 4.69) is 10.4 Å². The number of aromatic nitrogens is 2. The van der Waals surface area contributed by atoms with E-state index in [9.17, 15) is 4.79 Å². The zero-order valence-corrected chi connectivity index (χ0v) is 9.32. The lowest BCUT2D eigenvalue weighted by Gasteiger charge is -2.10. The molecule has 0 aromatic carbocycles. The molecule has 2 N–H and O–H groups in total. The fourth-order valence-corrected chi connectivity index (χ4v) is 1.35. The Morgan fingerprint density at radius 2 is 2.33 bits per heavy atom. The molecule has 0 saturated heterocycles. The predicted octanol–water partition coefficient (Wildman–Crippen LogP) is 1.10. The standard InChI is InChI=1S/C10H17N3O2/c1-4-13-9(6-11-7(2)3)8(5-12-13)10(14)15/h5,7,11H,4,6H2,1-3H3,(H,14,15). The average molecular weight is 211 g/mol. The van der Waals surface area contributed by atoms with Crippen LogP contribution in [0.15, 0.2) is 6.20 Å². The number of carbonyl (C=O) groups is 1. The number of nitrogens with zero attached hydrogens (tertiary/aromatic N) is 2. The lowest BCUT2D eigenvalue weighted by Crippen LogP contribution is -2.24. The Labute approximate surface area is 89.1 Å². The van der Waals surface area contributed by atoms with Crippen molar-refractivity contribution in [1.29, 1.82) is 0 Å². The van der Waals surface area contributed by atoms with Gasteiger partial charge in [-0.15, -0.1) is 0 Å². The minimum Gasteiger partial charge on any atom is -0.478 e. The number of carboxylic acid groups (broad SMARTS) is 1. The summed E-state index contributed by atoms with van der Waals surface area (Å²) < 4.78 is 1.71. The van der Waals surface area contributed by atoms with Crippen molar-refractivity contribution < 1.29 is 9.90 Å². The first-order chi connectivity index (χ1) is 7.06. The molecule has 0 atom stereocenters. The largest absolute Gasteiger partial charge is 0.478 e. The quantitative estimate of drug-likeness (QED) is 0.765. The molecule has 1 heterocycles. The molecule has 0 aliphatic carbocycles. The Kier molecular flexibility index (Phi) is 3.85. The summed E-state index contributed by atoms with van der Waals surface area (Å²) in [5, 5.41) is 16.2. The van der Waals surface area contributed by atoms with Crippen LogP contribution in [0.1, 0.15) is 36.8 Å². The number of carboxylic acids is 1. The predicted molar refractivity (Wildman–Crippen MR) is 56.8 cm³/mol. The van der Waals surface area contributed by atoms with E-state index in [1.54, 1.807) is 4.68 Å². The number of aromatic carboxylic acids is 1. The number of rotatable bonds is 5. The van der Waals surface area contributed by atoms with Crippen LogP contribution in [-0.2, 0) is 13.1 Å².